The summed E-state index contributed by atoms with van der Waals surface area (Å²) in [5, 5.41) is 0. The van der Waals surface area contributed by atoms with Gasteiger partial charge in [0, 0.05) is 32.7 Å². The summed E-state index contributed by atoms with van der Waals surface area (Å²) in [7, 11) is 1.82. The van der Waals surface area contributed by atoms with Gasteiger partial charge in [0.2, 0.25) is 5.91 Å². The quantitative estimate of drug-likeness (QED) is 0.427. The molecule has 0 spiro atoms. The zero-order chi connectivity index (χ0) is 15.9. The first-order valence-corrected chi connectivity index (χ1v) is 8.33. The van der Waals surface area contributed by atoms with E-state index >= 15 is 0 Å². The summed E-state index contributed by atoms with van der Waals surface area (Å²) in [6.07, 6.45) is 9.40. The van der Waals surface area contributed by atoms with Gasteiger partial charge in [-0.2, -0.15) is 0 Å². The van der Waals surface area contributed by atoms with Crippen LogP contribution in [-0.2, 0) is 9.59 Å². The van der Waals surface area contributed by atoms with Gasteiger partial charge in [-0.05, 0) is 12.8 Å². The maximum absolute atomic E-state index is 11.8. The van der Waals surface area contributed by atoms with Gasteiger partial charge in [-0.25, -0.2) is 0 Å². The van der Waals surface area contributed by atoms with Crippen molar-refractivity contribution in [3.05, 3.63) is 0 Å². The topological polar surface area (TPSA) is 37.4 Å². The Balaban J connectivity index is 3.45. The Kier molecular flexibility index (Phi) is 12.8. The molecule has 0 aliphatic carbocycles. The molecule has 0 aliphatic heterocycles. The van der Waals surface area contributed by atoms with Gasteiger partial charge in [-0.1, -0.05) is 45.5 Å². The minimum Gasteiger partial charge on any atom is -0.335 e. The van der Waals surface area contributed by atoms with E-state index in [-0.39, 0.29) is 5.91 Å². The molecule has 0 N–H and O–H groups in total. The van der Waals surface area contributed by atoms with E-state index in [2.05, 4.69) is 11.8 Å². The van der Waals surface area contributed by atoms with Gasteiger partial charge in [0.15, 0.2) is 0 Å². The average Bonchev–Trinajstić information content (AvgIpc) is 2.49. The van der Waals surface area contributed by atoms with E-state index in [1.807, 2.05) is 20.9 Å². The molecule has 0 aliphatic rings. The average molecular weight is 293 g/mol. The highest BCUT2D eigenvalue weighted by Gasteiger charge is 2.06. The smallest absolute Gasteiger partial charge is 0.223 e. The van der Waals surface area contributed by atoms with E-state index in [1.165, 1.54) is 6.42 Å². The van der Waals surface area contributed by atoms with Crippen molar-refractivity contribution in [2.75, 3.05) is 13.6 Å². The van der Waals surface area contributed by atoms with Crippen LogP contribution in [0.3, 0.4) is 0 Å². The van der Waals surface area contributed by atoms with E-state index in [0.29, 0.717) is 25.2 Å². The molecule has 0 aromatic heterocycles. The van der Waals surface area contributed by atoms with E-state index in [4.69, 9.17) is 0 Å². The van der Waals surface area contributed by atoms with Gasteiger partial charge in [0.1, 0.15) is 5.78 Å². The van der Waals surface area contributed by atoms with Crippen molar-refractivity contribution in [1.29, 1.82) is 0 Å². The van der Waals surface area contributed by atoms with Crippen molar-refractivity contribution in [3.63, 3.8) is 0 Å². The number of hydrogen-bond acceptors (Lipinski definition) is 2. The summed E-state index contributed by atoms with van der Waals surface area (Å²) in [5.41, 5.74) is 0. The maximum atomic E-state index is 11.8. The van der Waals surface area contributed by atoms with Crippen molar-refractivity contribution in [3.8, 4) is 11.8 Å². The van der Waals surface area contributed by atoms with Crippen LogP contribution in [0.5, 0.6) is 0 Å². The first-order valence-electron chi connectivity index (χ1n) is 8.33. The first-order chi connectivity index (χ1) is 10.1. The van der Waals surface area contributed by atoms with Crippen LogP contribution >= 0.6 is 0 Å². The summed E-state index contributed by atoms with van der Waals surface area (Å²) < 4.78 is 0. The minimum atomic E-state index is 0.189. The molecule has 0 heterocycles. The minimum absolute atomic E-state index is 0.189. The highest BCUT2D eigenvalue weighted by Crippen LogP contribution is 2.10. The van der Waals surface area contributed by atoms with Gasteiger partial charge >= 0.3 is 0 Å². The molecule has 120 valence electrons. The Morgan fingerprint density at radius 1 is 0.857 bits per heavy atom. The molecule has 0 atom stereocenters. The van der Waals surface area contributed by atoms with Gasteiger partial charge in [-0.3, -0.25) is 9.59 Å². The maximum Gasteiger partial charge on any atom is 0.223 e. The third-order valence-corrected chi connectivity index (χ3v) is 3.53. The summed E-state index contributed by atoms with van der Waals surface area (Å²) in [4.78, 5) is 24.6. The number of amides is 1. The third-order valence-electron chi connectivity index (χ3n) is 3.53. The van der Waals surface area contributed by atoms with E-state index < -0.39 is 0 Å². The third kappa shape index (κ3) is 12.2. The fraction of sp³-hybridized carbons (Fsp3) is 0.778. The van der Waals surface area contributed by atoms with Crippen LogP contribution in [0, 0.1) is 11.8 Å². The molecule has 3 nitrogen and oxygen atoms in total. The Bertz CT molecular complexity index is 352. The molecule has 1 amide bonds. The van der Waals surface area contributed by atoms with Crippen LogP contribution < -0.4 is 0 Å². The van der Waals surface area contributed by atoms with Crippen molar-refractivity contribution in [2.24, 2.45) is 0 Å². The standard InChI is InChI=1S/C18H31NO2/c1-4-6-13-16-19(3)18(21)15-12-10-8-7-9-11-14-17(20)5-2/h4-5,7-12,14-16H2,1-3H3. The van der Waals surface area contributed by atoms with E-state index in [9.17, 15) is 9.59 Å². The molecular formula is C18H31NO2. The lowest BCUT2D eigenvalue weighted by Gasteiger charge is -2.13. The highest BCUT2D eigenvalue weighted by atomic mass is 16.2. The summed E-state index contributed by atoms with van der Waals surface area (Å²) in [6, 6.07) is 0. The largest absolute Gasteiger partial charge is 0.335 e. The Morgan fingerprint density at radius 3 is 2.00 bits per heavy atom. The second-order valence-electron chi connectivity index (χ2n) is 5.47. The van der Waals surface area contributed by atoms with Crippen molar-refractivity contribution < 1.29 is 9.59 Å². The number of hydrogen-bond donors (Lipinski definition) is 0. The van der Waals surface area contributed by atoms with Gasteiger partial charge < -0.3 is 4.90 Å². The summed E-state index contributed by atoms with van der Waals surface area (Å²) >= 11 is 0. The van der Waals surface area contributed by atoms with Crippen LogP contribution in [0.2, 0.25) is 0 Å². The molecule has 0 aromatic carbocycles. The van der Waals surface area contributed by atoms with E-state index in [1.54, 1.807) is 4.90 Å². The fourth-order valence-corrected chi connectivity index (χ4v) is 2.06. The van der Waals surface area contributed by atoms with Crippen LogP contribution in [0.15, 0.2) is 0 Å². The number of Topliss-reactive ketones (excluding diaryl/α,β-unsaturated/α-hetero) is 1. The normalized spacial score (nSPS) is 9.86. The number of ketones is 1. The zero-order valence-corrected chi connectivity index (χ0v) is 14.0. The number of unbranched alkanes of at least 4 members (excludes halogenated alkanes) is 5. The Hall–Kier alpha value is -1.30. The molecule has 0 aromatic rings. The first kappa shape index (κ1) is 19.7. The Labute approximate surface area is 130 Å². The van der Waals surface area contributed by atoms with Gasteiger partial charge in [-0.15, -0.1) is 5.92 Å². The zero-order valence-electron chi connectivity index (χ0n) is 14.0. The predicted molar refractivity (Wildman–Crippen MR) is 87.9 cm³/mol. The summed E-state index contributed by atoms with van der Waals surface area (Å²) in [5.74, 6) is 6.52. The monoisotopic (exact) mass is 293 g/mol. The van der Waals surface area contributed by atoms with Crippen molar-refractivity contribution >= 4 is 11.7 Å². The highest BCUT2D eigenvalue weighted by molar-refractivity contribution is 5.77. The van der Waals surface area contributed by atoms with Crippen LogP contribution in [0.1, 0.15) is 78.1 Å². The van der Waals surface area contributed by atoms with Crippen LogP contribution in [0.4, 0.5) is 0 Å². The van der Waals surface area contributed by atoms with Gasteiger partial charge in [0.25, 0.3) is 0 Å². The lowest BCUT2D eigenvalue weighted by atomic mass is 10.1. The molecule has 21 heavy (non-hydrogen) atoms. The number of nitrogens with zero attached hydrogens (tertiary/aromatic N) is 1. The SMILES string of the molecule is CCC#CCN(C)C(=O)CCCCCCCCC(=O)CC. The lowest BCUT2D eigenvalue weighted by Crippen LogP contribution is -2.26. The number of carbonyl (C=O) groups excluding carboxylic acids is 2. The molecular weight excluding hydrogens is 262 g/mol. The Morgan fingerprint density at radius 2 is 1.43 bits per heavy atom. The second-order valence-corrected chi connectivity index (χ2v) is 5.47. The van der Waals surface area contributed by atoms with Crippen LogP contribution in [-0.4, -0.2) is 30.2 Å². The molecule has 0 bridgehead atoms. The number of rotatable bonds is 11. The lowest BCUT2D eigenvalue weighted by molar-refractivity contribution is -0.129. The van der Waals surface area contributed by atoms with Crippen molar-refractivity contribution in [2.45, 2.75) is 78.1 Å². The summed E-state index contributed by atoms with van der Waals surface area (Å²) in [6.45, 7) is 4.47. The fourth-order valence-electron chi connectivity index (χ4n) is 2.06. The molecule has 0 fully saturated rings. The van der Waals surface area contributed by atoms with Crippen LogP contribution in [0.25, 0.3) is 0 Å². The molecule has 0 saturated heterocycles. The number of carbonyl (C=O) groups is 2. The second kappa shape index (κ2) is 13.7. The molecule has 3 heteroatoms. The van der Waals surface area contributed by atoms with Crippen molar-refractivity contribution in [1.82, 2.24) is 4.90 Å². The molecule has 0 rings (SSSR count). The van der Waals surface area contributed by atoms with Gasteiger partial charge in [0.05, 0.1) is 6.54 Å². The predicted octanol–water partition coefficient (Wildman–Crippen LogP) is 3.96. The molecule has 0 unspecified atom stereocenters. The molecule has 0 radical (unpaired) electrons. The van der Waals surface area contributed by atoms with E-state index in [0.717, 1.165) is 44.9 Å². The molecule has 0 saturated carbocycles.